The van der Waals surface area contributed by atoms with Crippen molar-refractivity contribution in [2.45, 2.75) is 19.4 Å². The van der Waals surface area contributed by atoms with Gasteiger partial charge in [0.2, 0.25) is 0 Å². The van der Waals surface area contributed by atoms with E-state index in [0.717, 1.165) is 13.0 Å². The molecule has 16 heavy (non-hydrogen) atoms. The van der Waals surface area contributed by atoms with Crippen LogP contribution in [0, 0.1) is 0 Å². The normalized spacial score (nSPS) is 12.9. The Bertz CT molecular complexity index is 422. The zero-order valence-electron chi connectivity index (χ0n) is 9.07. The Morgan fingerprint density at radius 2 is 2.31 bits per heavy atom. The molecule has 4 heteroatoms. The summed E-state index contributed by atoms with van der Waals surface area (Å²) in [6.45, 7) is 3.25. The first-order valence-electron chi connectivity index (χ1n) is 5.25. The van der Waals surface area contributed by atoms with Crippen molar-refractivity contribution >= 4 is 38.6 Å². The van der Waals surface area contributed by atoms with Gasteiger partial charge < -0.3 is 5.32 Å². The van der Waals surface area contributed by atoms with Crippen LogP contribution in [0.3, 0.4) is 0 Å². The average molecular weight is 316 g/mol. The SMILES string of the molecule is CC(NCCc1cccs1)c1cc(Br)cs1. The topological polar surface area (TPSA) is 12.0 Å². The molecule has 0 aromatic carbocycles. The summed E-state index contributed by atoms with van der Waals surface area (Å²) in [5.41, 5.74) is 0. The van der Waals surface area contributed by atoms with E-state index < -0.39 is 0 Å². The number of hydrogen-bond acceptors (Lipinski definition) is 3. The molecule has 0 spiro atoms. The average Bonchev–Trinajstić information content (AvgIpc) is 2.89. The van der Waals surface area contributed by atoms with Crippen LogP contribution in [-0.4, -0.2) is 6.54 Å². The van der Waals surface area contributed by atoms with Crippen molar-refractivity contribution in [3.8, 4) is 0 Å². The molecule has 0 bridgehead atoms. The number of thiophene rings is 2. The van der Waals surface area contributed by atoms with Crippen LogP contribution in [0.4, 0.5) is 0 Å². The molecular formula is C12H14BrNS2. The second kappa shape index (κ2) is 5.96. The van der Waals surface area contributed by atoms with Crippen molar-refractivity contribution in [3.05, 3.63) is 43.2 Å². The maximum absolute atomic E-state index is 3.55. The lowest BCUT2D eigenvalue weighted by molar-refractivity contribution is 0.586. The summed E-state index contributed by atoms with van der Waals surface area (Å²) in [6.07, 6.45) is 1.12. The van der Waals surface area contributed by atoms with Gasteiger partial charge in [0, 0.05) is 32.2 Å². The predicted molar refractivity (Wildman–Crippen MR) is 76.5 cm³/mol. The van der Waals surface area contributed by atoms with Crippen molar-refractivity contribution in [1.29, 1.82) is 0 Å². The smallest absolute Gasteiger partial charge is 0.0386 e. The molecule has 0 radical (unpaired) electrons. The van der Waals surface area contributed by atoms with Gasteiger partial charge in [0.15, 0.2) is 0 Å². The summed E-state index contributed by atoms with van der Waals surface area (Å²) in [4.78, 5) is 2.84. The summed E-state index contributed by atoms with van der Waals surface area (Å²) < 4.78 is 1.18. The summed E-state index contributed by atoms with van der Waals surface area (Å²) >= 11 is 7.11. The van der Waals surface area contributed by atoms with Crippen LogP contribution in [-0.2, 0) is 6.42 Å². The van der Waals surface area contributed by atoms with E-state index in [1.807, 2.05) is 11.3 Å². The third kappa shape index (κ3) is 3.42. The molecule has 1 atom stereocenters. The van der Waals surface area contributed by atoms with Crippen molar-refractivity contribution in [3.63, 3.8) is 0 Å². The zero-order valence-corrected chi connectivity index (χ0v) is 12.3. The summed E-state index contributed by atoms with van der Waals surface area (Å²) in [5.74, 6) is 0. The first-order chi connectivity index (χ1) is 7.75. The molecule has 1 unspecified atom stereocenters. The quantitative estimate of drug-likeness (QED) is 0.858. The fourth-order valence-corrected chi connectivity index (χ4v) is 3.71. The van der Waals surface area contributed by atoms with Crippen LogP contribution in [0.25, 0.3) is 0 Å². The number of hydrogen-bond donors (Lipinski definition) is 1. The van der Waals surface area contributed by atoms with Crippen molar-refractivity contribution in [2.24, 2.45) is 0 Å². The van der Waals surface area contributed by atoms with E-state index in [0.29, 0.717) is 6.04 Å². The highest BCUT2D eigenvalue weighted by atomic mass is 79.9. The van der Waals surface area contributed by atoms with Crippen molar-refractivity contribution < 1.29 is 0 Å². The fraction of sp³-hybridized carbons (Fsp3) is 0.333. The Morgan fingerprint density at radius 1 is 1.44 bits per heavy atom. The molecule has 0 aliphatic heterocycles. The third-order valence-corrected chi connectivity index (χ3v) is 5.23. The molecule has 2 aromatic rings. The Balaban J connectivity index is 1.78. The van der Waals surface area contributed by atoms with E-state index in [2.05, 4.69) is 57.1 Å². The van der Waals surface area contributed by atoms with E-state index in [4.69, 9.17) is 0 Å². The molecule has 0 fully saturated rings. The van der Waals surface area contributed by atoms with Gasteiger partial charge in [-0.25, -0.2) is 0 Å². The summed E-state index contributed by atoms with van der Waals surface area (Å²) in [7, 11) is 0. The molecule has 0 saturated heterocycles. The van der Waals surface area contributed by atoms with E-state index in [1.165, 1.54) is 14.2 Å². The van der Waals surface area contributed by atoms with E-state index in [1.54, 1.807) is 11.3 Å². The van der Waals surface area contributed by atoms with Crippen LogP contribution in [0.2, 0.25) is 0 Å². The molecular weight excluding hydrogens is 302 g/mol. The number of rotatable bonds is 5. The van der Waals surface area contributed by atoms with Crippen LogP contribution < -0.4 is 5.32 Å². The second-order valence-electron chi connectivity index (χ2n) is 3.67. The zero-order chi connectivity index (χ0) is 11.4. The van der Waals surface area contributed by atoms with E-state index in [9.17, 15) is 0 Å². The summed E-state index contributed by atoms with van der Waals surface area (Å²) in [6, 6.07) is 6.93. The maximum Gasteiger partial charge on any atom is 0.0386 e. The van der Waals surface area contributed by atoms with Gasteiger partial charge in [-0.1, -0.05) is 6.07 Å². The van der Waals surface area contributed by atoms with E-state index >= 15 is 0 Å². The van der Waals surface area contributed by atoms with Gasteiger partial charge in [0.25, 0.3) is 0 Å². The molecule has 0 aliphatic carbocycles. The molecule has 0 saturated carbocycles. The van der Waals surface area contributed by atoms with Gasteiger partial charge in [0.1, 0.15) is 0 Å². The Kier molecular flexibility index (Phi) is 4.58. The van der Waals surface area contributed by atoms with Gasteiger partial charge in [0.05, 0.1) is 0 Å². The Hall–Kier alpha value is -0.160. The van der Waals surface area contributed by atoms with Gasteiger partial charge in [-0.3, -0.25) is 0 Å². The Morgan fingerprint density at radius 3 is 2.94 bits per heavy atom. The Labute approximate surface area is 113 Å². The number of nitrogens with one attached hydrogen (secondary N) is 1. The molecule has 1 N–H and O–H groups in total. The van der Waals surface area contributed by atoms with Gasteiger partial charge in [-0.2, -0.15) is 0 Å². The lowest BCUT2D eigenvalue weighted by Crippen LogP contribution is -2.20. The largest absolute Gasteiger partial charge is 0.309 e. The highest BCUT2D eigenvalue weighted by Gasteiger charge is 2.06. The van der Waals surface area contributed by atoms with Crippen LogP contribution in [0.5, 0.6) is 0 Å². The fourth-order valence-electron chi connectivity index (χ4n) is 1.52. The van der Waals surface area contributed by atoms with E-state index in [-0.39, 0.29) is 0 Å². The molecule has 2 aromatic heterocycles. The standard InChI is InChI=1S/C12H14BrNS2/c1-9(12-7-10(13)8-16-12)14-5-4-11-3-2-6-15-11/h2-3,6-9,14H,4-5H2,1H3. The first-order valence-corrected chi connectivity index (χ1v) is 7.80. The van der Waals surface area contributed by atoms with Gasteiger partial charge in [-0.05, 0) is 46.8 Å². The minimum absolute atomic E-state index is 0.441. The minimum Gasteiger partial charge on any atom is -0.309 e. The van der Waals surface area contributed by atoms with Crippen LogP contribution in [0.1, 0.15) is 22.7 Å². The molecule has 0 aliphatic rings. The monoisotopic (exact) mass is 315 g/mol. The maximum atomic E-state index is 3.55. The van der Waals surface area contributed by atoms with Crippen LogP contribution in [0.15, 0.2) is 33.4 Å². The molecule has 1 nitrogen and oxygen atoms in total. The van der Waals surface area contributed by atoms with Gasteiger partial charge >= 0.3 is 0 Å². The summed E-state index contributed by atoms with van der Waals surface area (Å²) in [5, 5.41) is 7.81. The van der Waals surface area contributed by atoms with Crippen molar-refractivity contribution in [1.82, 2.24) is 5.32 Å². The van der Waals surface area contributed by atoms with Gasteiger partial charge in [-0.15, -0.1) is 22.7 Å². The molecule has 86 valence electrons. The molecule has 0 amide bonds. The number of halogens is 1. The predicted octanol–water partition coefficient (Wildman–Crippen LogP) is 4.47. The highest BCUT2D eigenvalue weighted by molar-refractivity contribution is 9.10. The lowest BCUT2D eigenvalue weighted by Gasteiger charge is -2.11. The lowest BCUT2D eigenvalue weighted by atomic mass is 10.2. The third-order valence-electron chi connectivity index (χ3n) is 2.42. The minimum atomic E-state index is 0.441. The first kappa shape index (κ1) is 12.3. The highest BCUT2D eigenvalue weighted by Crippen LogP contribution is 2.25. The van der Waals surface area contributed by atoms with Crippen LogP contribution >= 0.6 is 38.6 Å². The second-order valence-corrected chi connectivity index (χ2v) is 6.56. The molecule has 2 rings (SSSR count). The van der Waals surface area contributed by atoms with Crippen molar-refractivity contribution in [2.75, 3.05) is 6.54 Å². The molecule has 2 heterocycles.